The number of benzene rings is 1. The molecule has 7 heteroatoms. The molecule has 2 amide bonds. The van der Waals surface area contributed by atoms with Gasteiger partial charge < -0.3 is 14.9 Å². The van der Waals surface area contributed by atoms with E-state index < -0.39 is 6.10 Å². The lowest BCUT2D eigenvalue weighted by Gasteiger charge is -2.34. The third-order valence-corrected chi connectivity index (χ3v) is 6.19. The first kappa shape index (κ1) is 21.3. The molecule has 4 rings (SSSR count). The number of nitriles is 1. The summed E-state index contributed by atoms with van der Waals surface area (Å²) >= 11 is 0. The van der Waals surface area contributed by atoms with Crippen LogP contribution in [0.25, 0.3) is 0 Å². The van der Waals surface area contributed by atoms with Crippen molar-refractivity contribution in [3.63, 3.8) is 0 Å². The van der Waals surface area contributed by atoms with Crippen molar-refractivity contribution in [2.45, 2.75) is 45.0 Å². The number of aromatic nitrogens is 1. The third kappa shape index (κ3) is 4.71. The molecular weight excluding hydrogens is 390 g/mol. The van der Waals surface area contributed by atoms with Gasteiger partial charge in [-0.25, -0.2) is 9.78 Å². The average Bonchev–Trinajstić information content (AvgIpc) is 2.97. The fraction of sp³-hybridized carbons (Fsp3) is 0.458. The van der Waals surface area contributed by atoms with Crippen LogP contribution in [-0.4, -0.2) is 68.6 Å². The lowest BCUT2D eigenvalue weighted by atomic mass is 9.99. The van der Waals surface area contributed by atoms with Gasteiger partial charge in [0, 0.05) is 38.9 Å². The Morgan fingerprint density at radius 2 is 1.97 bits per heavy atom. The largest absolute Gasteiger partial charge is 0.390 e. The standard InChI is InChI=1S/C24H29N5O2/c1-24(2)17-28(13-18-7-8-21(11-25)26-12-18)23(31)29(24)16-22(30)15-27-10-9-19-5-3-4-6-20(19)14-27/h3-8,12,22,30H,9-10,13-17H2,1-2H3. The molecule has 1 atom stereocenters. The Labute approximate surface area is 183 Å². The molecule has 1 aromatic heterocycles. The van der Waals surface area contributed by atoms with Gasteiger partial charge >= 0.3 is 6.03 Å². The van der Waals surface area contributed by atoms with E-state index in [0.29, 0.717) is 31.9 Å². The number of urea groups is 1. The number of hydrogen-bond acceptors (Lipinski definition) is 5. The topological polar surface area (TPSA) is 83.7 Å². The first-order chi connectivity index (χ1) is 14.9. The van der Waals surface area contributed by atoms with E-state index in [1.807, 2.05) is 26.0 Å². The molecule has 1 N–H and O–H groups in total. The predicted molar refractivity (Wildman–Crippen MR) is 117 cm³/mol. The predicted octanol–water partition coefficient (Wildman–Crippen LogP) is 2.39. The molecule has 1 saturated heterocycles. The normalized spacial score (nSPS) is 19.2. The summed E-state index contributed by atoms with van der Waals surface area (Å²) in [5, 5.41) is 19.7. The van der Waals surface area contributed by atoms with Crippen LogP contribution in [0.1, 0.15) is 36.2 Å². The van der Waals surface area contributed by atoms with Crippen molar-refractivity contribution >= 4 is 6.03 Å². The fourth-order valence-electron chi connectivity index (χ4n) is 4.58. The number of fused-ring (bicyclic) bond motifs is 1. The minimum atomic E-state index is -0.606. The second-order valence-electron chi connectivity index (χ2n) is 9.13. The van der Waals surface area contributed by atoms with E-state index in [1.165, 1.54) is 11.1 Å². The van der Waals surface area contributed by atoms with Gasteiger partial charge in [-0.3, -0.25) is 4.90 Å². The molecule has 0 radical (unpaired) electrons. The van der Waals surface area contributed by atoms with Crippen molar-refractivity contribution in [2.24, 2.45) is 0 Å². The Balaban J connectivity index is 1.36. The Bertz CT molecular complexity index is 982. The molecule has 31 heavy (non-hydrogen) atoms. The smallest absolute Gasteiger partial charge is 0.320 e. The zero-order valence-corrected chi connectivity index (χ0v) is 18.2. The summed E-state index contributed by atoms with van der Waals surface area (Å²) in [6.07, 6.45) is 2.03. The summed E-state index contributed by atoms with van der Waals surface area (Å²) in [4.78, 5) is 23.0. The highest BCUT2D eigenvalue weighted by atomic mass is 16.3. The molecule has 2 aromatic rings. The first-order valence-electron chi connectivity index (χ1n) is 10.7. The highest BCUT2D eigenvalue weighted by Gasteiger charge is 2.43. The molecule has 1 aromatic carbocycles. The first-order valence-corrected chi connectivity index (χ1v) is 10.7. The monoisotopic (exact) mass is 419 g/mol. The molecule has 2 aliphatic heterocycles. The maximum Gasteiger partial charge on any atom is 0.320 e. The SMILES string of the molecule is CC1(C)CN(Cc2ccc(C#N)nc2)C(=O)N1CC(O)CN1CCc2ccccc2C1. The maximum atomic E-state index is 13.1. The van der Waals surface area contributed by atoms with Crippen molar-refractivity contribution in [3.05, 3.63) is 65.0 Å². The summed E-state index contributed by atoms with van der Waals surface area (Å²) < 4.78 is 0. The quantitative estimate of drug-likeness (QED) is 0.777. The molecule has 0 bridgehead atoms. The molecule has 7 nitrogen and oxygen atoms in total. The molecule has 0 aliphatic carbocycles. The number of amides is 2. The van der Waals surface area contributed by atoms with Crippen molar-refractivity contribution in [3.8, 4) is 6.07 Å². The minimum absolute atomic E-state index is 0.0719. The van der Waals surface area contributed by atoms with Crippen molar-refractivity contribution in [1.29, 1.82) is 5.26 Å². The molecule has 2 aliphatic rings. The number of hydrogen-bond donors (Lipinski definition) is 1. The van der Waals surface area contributed by atoms with Gasteiger partial charge in [0.1, 0.15) is 11.8 Å². The number of β-amino-alcohol motifs (C(OH)–C–C–N with tert-alkyl or cyclic N) is 1. The van der Waals surface area contributed by atoms with Gasteiger partial charge in [0.05, 0.1) is 18.2 Å². The molecule has 0 saturated carbocycles. The van der Waals surface area contributed by atoms with Crippen molar-refractivity contribution < 1.29 is 9.90 Å². The van der Waals surface area contributed by atoms with E-state index in [2.05, 4.69) is 34.1 Å². The maximum absolute atomic E-state index is 13.1. The molecule has 162 valence electrons. The highest BCUT2D eigenvalue weighted by molar-refractivity contribution is 5.78. The number of aliphatic hydroxyl groups is 1. The number of rotatable bonds is 6. The average molecular weight is 420 g/mol. The lowest BCUT2D eigenvalue weighted by Crippen LogP contribution is -2.49. The summed E-state index contributed by atoms with van der Waals surface area (Å²) in [5.74, 6) is 0. The lowest BCUT2D eigenvalue weighted by molar-refractivity contribution is 0.0617. The van der Waals surface area contributed by atoms with E-state index in [1.54, 1.807) is 22.1 Å². The van der Waals surface area contributed by atoms with Crippen LogP contribution >= 0.6 is 0 Å². The highest BCUT2D eigenvalue weighted by Crippen LogP contribution is 2.28. The number of aliphatic hydroxyl groups excluding tert-OH is 1. The van der Waals surface area contributed by atoms with Gasteiger partial charge in [-0.05, 0) is 43.0 Å². The van der Waals surface area contributed by atoms with E-state index in [4.69, 9.17) is 5.26 Å². The van der Waals surface area contributed by atoms with Crippen molar-refractivity contribution in [1.82, 2.24) is 19.7 Å². The van der Waals surface area contributed by atoms with Gasteiger partial charge in [-0.15, -0.1) is 0 Å². The van der Waals surface area contributed by atoms with Crippen molar-refractivity contribution in [2.75, 3.05) is 26.2 Å². The molecular formula is C24H29N5O2. The van der Waals surface area contributed by atoms with E-state index in [9.17, 15) is 9.90 Å². The zero-order chi connectivity index (χ0) is 22.0. The molecule has 3 heterocycles. The number of carbonyl (C=O) groups excluding carboxylic acids is 1. The number of nitrogens with zero attached hydrogens (tertiary/aromatic N) is 5. The van der Waals surface area contributed by atoms with E-state index >= 15 is 0 Å². The Kier molecular flexibility index (Phi) is 5.94. The fourth-order valence-corrected chi connectivity index (χ4v) is 4.58. The zero-order valence-electron chi connectivity index (χ0n) is 18.2. The van der Waals surface area contributed by atoms with Crippen LogP contribution in [0.4, 0.5) is 4.79 Å². The van der Waals surface area contributed by atoms with Gasteiger partial charge in [0.15, 0.2) is 0 Å². The summed E-state index contributed by atoms with van der Waals surface area (Å²) in [5.41, 5.74) is 3.59. The summed E-state index contributed by atoms with van der Waals surface area (Å²) in [6.45, 7) is 7.70. The Hall–Kier alpha value is -2.95. The van der Waals surface area contributed by atoms with Crippen LogP contribution in [0.5, 0.6) is 0 Å². The Morgan fingerprint density at radius 1 is 1.19 bits per heavy atom. The van der Waals surface area contributed by atoms with Gasteiger partial charge in [-0.2, -0.15) is 5.26 Å². The van der Waals surface area contributed by atoms with Gasteiger partial charge in [-0.1, -0.05) is 30.3 Å². The minimum Gasteiger partial charge on any atom is -0.390 e. The molecule has 1 fully saturated rings. The van der Waals surface area contributed by atoms with Gasteiger partial charge in [0.25, 0.3) is 0 Å². The second-order valence-corrected chi connectivity index (χ2v) is 9.13. The van der Waals surface area contributed by atoms with Gasteiger partial charge in [0.2, 0.25) is 0 Å². The third-order valence-electron chi connectivity index (χ3n) is 6.19. The molecule has 1 unspecified atom stereocenters. The van der Waals surface area contributed by atoms with E-state index in [-0.39, 0.29) is 11.6 Å². The second kappa shape index (κ2) is 8.66. The summed E-state index contributed by atoms with van der Waals surface area (Å²) in [7, 11) is 0. The number of carbonyl (C=O) groups is 1. The molecule has 0 spiro atoms. The van der Waals surface area contributed by atoms with E-state index in [0.717, 1.165) is 25.1 Å². The van der Waals surface area contributed by atoms with Crippen LogP contribution in [0.3, 0.4) is 0 Å². The van der Waals surface area contributed by atoms with Crippen LogP contribution < -0.4 is 0 Å². The van der Waals surface area contributed by atoms with Crippen LogP contribution in [-0.2, 0) is 19.5 Å². The number of pyridine rings is 1. The van der Waals surface area contributed by atoms with Crippen LogP contribution in [0.2, 0.25) is 0 Å². The Morgan fingerprint density at radius 3 is 2.68 bits per heavy atom. The van der Waals surface area contributed by atoms with Crippen LogP contribution in [0, 0.1) is 11.3 Å². The van der Waals surface area contributed by atoms with Crippen LogP contribution in [0.15, 0.2) is 42.6 Å². The summed E-state index contributed by atoms with van der Waals surface area (Å²) in [6, 6.07) is 13.9.